The molecule has 2 aromatic carbocycles. The molecule has 6 nitrogen and oxygen atoms in total. The SMILES string of the molecule is CCN(CC)S(=O)(=O)c1cc(C(=O)N2CCN(c3cccc(Cl)c3)CC2)ccc1Cl. The third-order valence-corrected chi connectivity index (χ3v) is 8.01. The molecule has 0 aromatic heterocycles. The molecule has 30 heavy (non-hydrogen) atoms. The van der Waals surface area contributed by atoms with Crippen molar-refractivity contribution in [3.63, 3.8) is 0 Å². The van der Waals surface area contributed by atoms with Crippen molar-refractivity contribution in [3.8, 4) is 0 Å². The van der Waals surface area contributed by atoms with Crippen LogP contribution in [0.5, 0.6) is 0 Å². The van der Waals surface area contributed by atoms with Crippen LogP contribution < -0.4 is 4.90 Å². The largest absolute Gasteiger partial charge is 0.368 e. The molecule has 1 amide bonds. The van der Waals surface area contributed by atoms with Crippen molar-refractivity contribution in [2.75, 3.05) is 44.2 Å². The number of sulfonamides is 1. The molecule has 0 radical (unpaired) electrons. The van der Waals surface area contributed by atoms with Gasteiger partial charge in [0.15, 0.2) is 0 Å². The van der Waals surface area contributed by atoms with Crippen LogP contribution in [0.4, 0.5) is 5.69 Å². The predicted octanol–water partition coefficient (Wildman–Crippen LogP) is 3.99. The Balaban J connectivity index is 1.77. The summed E-state index contributed by atoms with van der Waals surface area (Å²) in [5.74, 6) is -0.201. The fourth-order valence-electron chi connectivity index (χ4n) is 3.56. The van der Waals surface area contributed by atoms with Crippen molar-refractivity contribution in [3.05, 3.63) is 58.1 Å². The zero-order chi connectivity index (χ0) is 21.9. The number of halogens is 2. The lowest BCUT2D eigenvalue weighted by Crippen LogP contribution is -2.48. The topological polar surface area (TPSA) is 60.9 Å². The number of carbonyl (C=O) groups excluding carboxylic acids is 1. The summed E-state index contributed by atoms with van der Waals surface area (Å²) in [6.07, 6.45) is 0. The Morgan fingerprint density at radius 2 is 1.67 bits per heavy atom. The highest BCUT2D eigenvalue weighted by Crippen LogP contribution is 2.27. The second kappa shape index (κ2) is 9.56. The zero-order valence-electron chi connectivity index (χ0n) is 17.0. The van der Waals surface area contributed by atoms with Gasteiger partial charge in [0.2, 0.25) is 10.0 Å². The minimum Gasteiger partial charge on any atom is -0.368 e. The van der Waals surface area contributed by atoms with E-state index in [-0.39, 0.29) is 15.8 Å². The lowest BCUT2D eigenvalue weighted by Gasteiger charge is -2.36. The summed E-state index contributed by atoms with van der Waals surface area (Å²) >= 11 is 12.3. The number of anilines is 1. The number of nitrogens with zero attached hydrogens (tertiary/aromatic N) is 3. The van der Waals surface area contributed by atoms with Gasteiger partial charge in [0.25, 0.3) is 5.91 Å². The van der Waals surface area contributed by atoms with Gasteiger partial charge >= 0.3 is 0 Å². The molecule has 1 heterocycles. The minimum atomic E-state index is -3.76. The van der Waals surface area contributed by atoms with Crippen LogP contribution in [0.25, 0.3) is 0 Å². The number of rotatable bonds is 6. The van der Waals surface area contributed by atoms with Crippen LogP contribution in [0.3, 0.4) is 0 Å². The summed E-state index contributed by atoms with van der Waals surface area (Å²) in [6.45, 7) is 6.61. The van der Waals surface area contributed by atoms with E-state index in [9.17, 15) is 13.2 Å². The van der Waals surface area contributed by atoms with E-state index in [4.69, 9.17) is 23.2 Å². The molecule has 1 aliphatic rings. The highest BCUT2D eigenvalue weighted by molar-refractivity contribution is 7.89. The first-order valence-corrected chi connectivity index (χ1v) is 12.1. The Morgan fingerprint density at radius 3 is 2.27 bits per heavy atom. The van der Waals surface area contributed by atoms with Crippen LogP contribution in [-0.2, 0) is 10.0 Å². The Hall–Kier alpha value is -1.80. The quantitative estimate of drug-likeness (QED) is 0.641. The summed E-state index contributed by atoms with van der Waals surface area (Å²) in [7, 11) is -3.76. The maximum atomic E-state index is 13.0. The predicted molar refractivity (Wildman–Crippen MR) is 121 cm³/mol. The number of amides is 1. The Kier molecular flexibility index (Phi) is 7.29. The number of benzene rings is 2. The Labute approximate surface area is 188 Å². The molecule has 9 heteroatoms. The van der Waals surface area contributed by atoms with Gasteiger partial charge in [-0.2, -0.15) is 4.31 Å². The molecule has 0 unspecified atom stereocenters. The second-order valence-corrected chi connectivity index (χ2v) is 9.74. The Bertz CT molecular complexity index is 1020. The molecule has 0 atom stereocenters. The van der Waals surface area contributed by atoms with Crippen molar-refractivity contribution in [2.45, 2.75) is 18.7 Å². The van der Waals surface area contributed by atoms with E-state index in [0.29, 0.717) is 49.9 Å². The van der Waals surface area contributed by atoms with Crippen molar-refractivity contribution < 1.29 is 13.2 Å². The maximum Gasteiger partial charge on any atom is 0.254 e. The van der Waals surface area contributed by atoms with E-state index in [1.54, 1.807) is 24.8 Å². The lowest BCUT2D eigenvalue weighted by atomic mass is 10.1. The van der Waals surface area contributed by atoms with Crippen LogP contribution in [0.2, 0.25) is 10.0 Å². The summed E-state index contributed by atoms with van der Waals surface area (Å²) < 4.78 is 27.1. The second-order valence-electron chi connectivity index (χ2n) is 6.99. The fraction of sp³-hybridized carbons (Fsp3) is 0.381. The van der Waals surface area contributed by atoms with Gasteiger partial charge in [-0.15, -0.1) is 0 Å². The fourth-order valence-corrected chi connectivity index (χ4v) is 5.70. The first-order valence-electron chi connectivity index (χ1n) is 9.87. The van der Waals surface area contributed by atoms with Crippen LogP contribution in [0.1, 0.15) is 24.2 Å². The smallest absolute Gasteiger partial charge is 0.254 e. The average Bonchev–Trinajstić information content (AvgIpc) is 2.74. The monoisotopic (exact) mass is 469 g/mol. The van der Waals surface area contributed by atoms with Crippen molar-refractivity contribution in [1.82, 2.24) is 9.21 Å². The summed E-state index contributed by atoms with van der Waals surface area (Å²) in [4.78, 5) is 16.9. The molecule has 1 aliphatic heterocycles. The van der Waals surface area contributed by atoms with Crippen molar-refractivity contribution in [1.29, 1.82) is 0 Å². The molecule has 0 saturated carbocycles. The summed E-state index contributed by atoms with van der Waals surface area (Å²) in [5, 5.41) is 0.790. The molecule has 162 valence electrons. The highest BCUT2D eigenvalue weighted by atomic mass is 35.5. The normalized spacial score (nSPS) is 15.0. The molecule has 0 aliphatic carbocycles. The molecule has 1 saturated heterocycles. The number of piperazine rings is 1. The van der Waals surface area contributed by atoms with Gasteiger partial charge in [-0.1, -0.05) is 43.1 Å². The van der Waals surface area contributed by atoms with Crippen molar-refractivity contribution in [2.24, 2.45) is 0 Å². The first kappa shape index (κ1) is 22.9. The molecule has 0 N–H and O–H groups in total. The number of carbonyl (C=O) groups is 1. The van der Waals surface area contributed by atoms with E-state index >= 15 is 0 Å². The Morgan fingerprint density at radius 1 is 1.00 bits per heavy atom. The maximum absolute atomic E-state index is 13.0. The van der Waals surface area contributed by atoms with Crippen LogP contribution in [0.15, 0.2) is 47.4 Å². The third-order valence-electron chi connectivity index (χ3n) is 5.24. The molecular formula is C21H25Cl2N3O3S. The van der Waals surface area contributed by atoms with Gasteiger partial charge in [0, 0.05) is 55.5 Å². The van der Waals surface area contributed by atoms with Gasteiger partial charge in [0.05, 0.1) is 5.02 Å². The highest BCUT2D eigenvalue weighted by Gasteiger charge is 2.28. The molecular weight excluding hydrogens is 445 g/mol. The van der Waals surface area contributed by atoms with E-state index in [0.717, 1.165) is 5.69 Å². The number of hydrogen-bond donors (Lipinski definition) is 0. The average molecular weight is 470 g/mol. The van der Waals surface area contributed by atoms with Crippen LogP contribution in [0, 0.1) is 0 Å². The van der Waals surface area contributed by atoms with E-state index in [1.165, 1.54) is 16.4 Å². The molecule has 3 rings (SSSR count). The third kappa shape index (κ3) is 4.75. The summed E-state index contributed by atoms with van der Waals surface area (Å²) in [5.41, 5.74) is 1.34. The van der Waals surface area contributed by atoms with Gasteiger partial charge in [0.1, 0.15) is 4.90 Å². The summed E-state index contributed by atoms with van der Waals surface area (Å²) in [6, 6.07) is 12.1. The molecule has 1 fully saturated rings. The van der Waals surface area contributed by atoms with Crippen LogP contribution in [-0.4, -0.2) is 62.8 Å². The van der Waals surface area contributed by atoms with E-state index in [1.807, 2.05) is 24.3 Å². The number of hydrogen-bond acceptors (Lipinski definition) is 4. The molecule has 0 spiro atoms. The minimum absolute atomic E-state index is 0.0312. The van der Waals surface area contributed by atoms with E-state index < -0.39 is 10.0 Å². The van der Waals surface area contributed by atoms with Crippen LogP contribution >= 0.6 is 23.2 Å². The molecule has 2 aromatic rings. The van der Waals surface area contributed by atoms with E-state index in [2.05, 4.69) is 4.90 Å². The molecule has 0 bridgehead atoms. The van der Waals surface area contributed by atoms with Gasteiger partial charge in [-0.3, -0.25) is 4.79 Å². The van der Waals surface area contributed by atoms with Gasteiger partial charge in [-0.25, -0.2) is 8.42 Å². The first-order chi connectivity index (χ1) is 14.3. The zero-order valence-corrected chi connectivity index (χ0v) is 19.3. The van der Waals surface area contributed by atoms with Crippen molar-refractivity contribution >= 4 is 44.8 Å². The van der Waals surface area contributed by atoms with Gasteiger partial charge < -0.3 is 9.80 Å². The standard InChI is InChI=1S/C21H25Cl2N3O3S/c1-3-26(4-2)30(28,29)20-14-16(8-9-19(20)23)21(27)25-12-10-24(11-13-25)18-7-5-6-17(22)15-18/h5-9,14-15H,3-4,10-13H2,1-2H3. The van der Waals surface area contributed by atoms with Gasteiger partial charge in [-0.05, 0) is 36.4 Å². The lowest BCUT2D eigenvalue weighted by molar-refractivity contribution is 0.0746.